The summed E-state index contributed by atoms with van der Waals surface area (Å²) in [5.74, 6) is 0.889. The number of thiophene rings is 1. The molecule has 0 unspecified atom stereocenters. The second-order valence-corrected chi connectivity index (χ2v) is 7.06. The summed E-state index contributed by atoms with van der Waals surface area (Å²) in [6, 6.07) is 8.07. The maximum atomic E-state index is 12.2. The van der Waals surface area contributed by atoms with Gasteiger partial charge in [-0.3, -0.25) is 4.79 Å². The summed E-state index contributed by atoms with van der Waals surface area (Å²) in [5, 5.41) is 3.93. The van der Waals surface area contributed by atoms with Crippen LogP contribution < -0.4 is 0 Å². The van der Waals surface area contributed by atoms with Gasteiger partial charge in [-0.15, -0.1) is 0 Å². The predicted molar refractivity (Wildman–Crippen MR) is 97.9 cm³/mol. The minimum atomic E-state index is -0.306. The average molecular weight is 369 g/mol. The third-order valence-corrected chi connectivity index (χ3v) is 5.10. The van der Waals surface area contributed by atoms with Gasteiger partial charge in [-0.25, -0.2) is 4.98 Å². The zero-order chi connectivity index (χ0) is 17.9. The predicted octanol–water partition coefficient (Wildman–Crippen LogP) is 4.07. The lowest BCUT2D eigenvalue weighted by Gasteiger charge is -2.17. The molecule has 0 atom stereocenters. The topological polar surface area (TPSA) is 61.6 Å². The number of hydrogen-bond acceptors (Lipinski definition) is 6. The Morgan fingerprint density at radius 1 is 1.31 bits per heavy atom. The molecule has 4 rings (SSSR count). The maximum absolute atomic E-state index is 12.2. The monoisotopic (exact) mass is 369 g/mol. The number of benzene rings is 1. The standard InChI is InChI=1S/C20H19NO4S/c1-13-18(21-20(25-13)17-5-7-26-12-17)9-19(22)24-10-14-2-3-16-11-23-6-4-15(16)8-14/h2-3,5,7-8,12H,4,6,9-11H2,1H3. The largest absolute Gasteiger partial charge is 0.461 e. The number of nitrogens with zero attached hydrogens (tertiary/aromatic N) is 1. The Balaban J connectivity index is 1.37. The van der Waals surface area contributed by atoms with Crippen LogP contribution in [0.3, 0.4) is 0 Å². The van der Waals surface area contributed by atoms with Crippen LogP contribution >= 0.6 is 11.3 Å². The van der Waals surface area contributed by atoms with Gasteiger partial charge in [-0.1, -0.05) is 18.2 Å². The first kappa shape index (κ1) is 17.0. The van der Waals surface area contributed by atoms with Crippen molar-refractivity contribution in [2.24, 2.45) is 0 Å². The number of ether oxygens (including phenoxy) is 2. The summed E-state index contributed by atoms with van der Waals surface area (Å²) in [4.78, 5) is 16.6. The van der Waals surface area contributed by atoms with Crippen LogP contribution in [0.4, 0.5) is 0 Å². The zero-order valence-corrected chi connectivity index (χ0v) is 15.3. The number of carbonyl (C=O) groups is 1. The van der Waals surface area contributed by atoms with Crippen LogP contribution in [0.5, 0.6) is 0 Å². The summed E-state index contributed by atoms with van der Waals surface area (Å²) >= 11 is 1.58. The number of aromatic nitrogens is 1. The van der Waals surface area contributed by atoms with Gasteiger partial charge >= 0.3 is 5.97 Å². The van der Waals surface area contributed by atoms with Gasteiger partial charge in [-0.05, 0) is 41.5 Å². The van der Waals surface area contributed by atoms with Crippen LogP contribution in [0.2, 0.25) is 0 Å². The summed E-state index contributed by atoms with van der Waals surface area (Å²) in [6.07, 6.45) is 1.01. The molecule has 0 spiro atoms. The number of hydrogen-bond donors (Lipinski definition) is 0. The molecule has 3 aromatic rings. The Hall–Kier alpha value is -2.44. The first-order valence-corrected chi connectivity index (χ1v) is 9.46. The highest BCUT2D eigenvalue weighted by molar-refractivity contribution is 7.08. The van der Waals surface area contributed by atoms with Crippen molar-refractivity contribution in [2.45, 2.75) is 33.0 Å². The molecular formula is C20H19NO4S. The Labute approximate surface area is 155 Å². The molecule has 1 aliphatic heterocycles. The van der Waals surface area contributed by atoms with Crippen molar-refractivity contribution in [1.82, 2.24) is 4.98 Å². The summed E-state index contributed by atoms with van der Waals surface area (Å²) in [5.41, 5.74) is 5.03. The van der Waals surface area contributed by atoms with Gasteiger partial charge in [0.15, 0.2) is 0 Å². The van der Waals surface area contributed by atoms with E-state index in [2.05, 4.69) is 11.1 Å². The van der Waals surface area contributed by atoms with E-state index < -0.39 is 0 Å². The van der Waals surface area contributed by atoms with Crippen LogP contribution in [0.1, 0.15) is 28.1 Å². The third kappa shape index (κ3) is 3.71. The van der Waals surface area contributed by atoms with Crippen molar-refractivity contribution in [1.29, 1.82) is 0 Å². The number of rotatable bonds is 5. The first-order chi connectivity index (χ1) is 12.7. The molecular weight excluding hydrogens is 350 g/mol. The van der Waals surface area contributed by atoms with E-state index in [9.17, 15) is 4.79 Å². The Bertz CT molecular complexity index is 914. The molecule has 0 aliphatic carbocycles. The molecule has 0 N–H and O–H groups in total. The third-order valence-electron chi connectivity index (χ3n) is 4.42. The van der Waals surface area contributed by atoms with E-state index in [-0.39, 0.29) is 19.0 Å². The maximum Gasteiger partial charge on any atom is 0.312 e. The molecule has 0 bridgehead atoms. The molecule has 0 saturated heterocycles. The number of aryl methyl sites for hydroxylation is 1. The minimum Gasteiger partial charge on any atom is -0.461 e. The highest BCUT2D eigenvalue weighted by Crippen LogP contribution is 2.24. The van der Waals surface area contributed by atoms with Gasteiger partial charge in [-0.2, -0.15) is 11.3 Å². The average Bonchev–Trinajstić information content (AvgIpc) is 3.30. The molecule has 2 aromatic heterocycles. The van der Waals surface area contributed by atoms with E-state index in [1.54, 1.807) is 11.3 Å². The van der Waals surface area contributed by atoms with Crippen molar-refractivity contribution < 1.29 is 18.7 Å². The van der Waals surface area contributed by atoms with Crippen molar-refractivity contribution in [2.75, 3.05) is 6.61 Å². The van der Waals surface area contributed by atoms with Gasteiger partial charge in [0, 0.05) is 10.9 Å². The van der Waals surface area contributed by atoms with E-state index >= 15 is 0 Å². The summed E-state index contributed by atoms with van der Waals surface area (Å²) < 4.78 is 16.5. The molecule has 0 radical (unpaired) electrons. The lowest BCUT2D eigenvalue weighted by Crippen LogP contribution is -2.12. The van der Waals surface area contributed by atoms with E-state index in [0.29, 0.717) is 24.0 Å². The number of carbonyl (C=O) groups excluding carboxylic acids is 1. The molecule has 1 aliphatic rings. The number of esters is 1. The van der Waals surface area contributed by atoms with Gasteiger partial charge < -0.3 is 13.9 Å². The number of fused-ring (bicyclic) bond motifs is 1. The van der Waals surface area contributed by atoms with E-state index in [1.165, 1.54) is 11.1 Å². The van der Waals surface area contributed by atoms with Gasteiger partial charge in [0.2, 0.25) is 5.89 Å². The van der Waals surface area contributed by atoms with Gasteiger partial charge in [0.05, 0.1) is 25.3 Å². The normalized spacial score (nSPS) is 13.4. The van der Waals surface area contributed by atoms with Gasteiger partial charge in [0.1, 0.15) is 12.4 Å². The quantitative estimate of drug-likeness (QED) is 0.635. The zero-order valence-electron chi connectivity index (χ0n) is 14.5. The van der Waals surface area contributed by atoms with Gasteiger partial charge in [0.25, 0.3) is 0 Å². The summed E-state index contributed by atoms with van der Waals surface area (Å²) in [6.45, 7) is 3.49. The second kappa shape index (κ2) is 7.43. The van der Waals surface area contributed by atoms with Crippen molar-refractivity contribution in [3.63, 3.8) is 0 Å². The Morgan fingerprint density at radius 2 is 2.23 bits per heavy atom. The highest BCUT2D eigenvalue weighted by atomic mass is 32.1. The molecule has 1 aromatic carbocycles. The van der Waals surface area contributed by atoms with Crippen molar-refractivity contribution in [3.05, 3.63) is 63.2 Å². The molecule has 5 nitrogen and oxygen atoms in total. The fourth-order valence-corrected chi connectivity index (χ4v) is 3.59. The van der Waals surface area contributed by atoms with Crippen LogP contribution in [0, 0.1) is 6.92 Å². The van der Waals surface area contributed by atoms with Crippen molar-refractivity contribution in [3.8, 4) is 11.5 Å². The Kier molecular flexibility index (Phi) is 4.86. The molecule has 0 saturated carbocycles. The fourth-order valence-electron chi connectivity index (χ4n) is 2.96. The molecule has 134 valence electrons. The summed E-state index contributed by atoms with van der Waals surface area (Å²) in [7, 11) is 0. The van der Waals surface area contributed by atoms with E-state index in [1.807, 2.05) is 35.9 Å². The molecule has 26 heavy (non-hydrogen) atoms. The number of oxazole rings is 1. The fraction of sp³-hybridized carbons (Fsp3) is 0.300. The van der Waals surface area contributed by atoms with E-state index in [4.69, 9.17) is 13.9 Å². The highest BCUT2D eigenvalue weighted by Gasteiger charge is 2.16. The molecule has 6 heteroatoms. The molecule has 0 amide bonds. The minimum absolute atomic E-state index is 0.109. The molecule has 3 heterocycles. The lowest BCUT2D eigenvalue weighted by molar-refractivity contribution is -0.144. The van der Waals surface area contributed by atoms with Crippen LogP contribution in [-0.2, 0) is 40.3 Å². The second-order valence-electron chi connectivity index (χ2n) is 6.28. The molecule has 0 fully saturated rings. The smallest absolute Gasteiger partial charge is 0.312 e. The van der Waals surface area contributed by atoms with Crippen LogP contribution in [-0.4, -0.2) is 17.6 Å². The Morgan fingerprint density at radius 3 is 3.08 bits per heavy atom. The van der Waals surface area contributed by atoms with Crippen LogP contribution in [0.25, 0.3) is 11.5 Å². The lowest BCUT2D eigenvalue weighted by atomic mass is 10.0. The van der Waals surface area contributed by atoms with Crippen LogP contribution in [0.15, 0.2) is 39.4 Å². The SMILES string of the molecule is Cc1oc(-c2ccsc2)nc1CC(=O)OCc1ccc2c(c1)CCOC2. The van der Waals surface area contributed by atoms with Crippen molar-refractivity contribution >= 4 is 17.3 Å². The van der Waals surface area contributed by atoms with E-state index in [0.717, 1.165) is 24.2 Å². The first-order valence-electron chi connectivity index (χ1n) is 8.52.